The van der Waals surface area contributed by atoms with Gasteiger partial charge in [-0.1, -0.05) is 30.3 Å². The van der Waals surface area contributed by atoms with Gasteiger partial charge in [-0.05, 0) is 24.8 Å². The normalized spacial score (nSPS) is 12.7. The van der Waals surface area contributed by atoms with Crippen LogP contribution in [-0.2, 0) is 11.3 Å². The van der Waals surface area contributed by atoms with Gasteiger partial charge in [-0.3, -0.25) is 0 Å². The maximum atomic E-state index is 8.91. The van der Waals surface area contributed by atoms with E-state index in [1.165, 1.54) is 11.0 Å². The lowest BCUT2D eigenvalue weighted by Gasteiger charge is -2.03. The first-order chi connectivity index (χ1) is 7.29. The molecule has 0 saturated heterocycles. The summed E-state index contributed by atoms with van der Waals surface area (Å²) in [6, 6.07) is 10.4. The minimum Gasteiger partial charge on any atom is -0.343 e. The van der Waals surface area contributed by atoms with Crippen molar-refractivity contribution < 1.29 is 15.4 Å². The number of benzene rings is 1. The Labute approximate surface area is 91.0 Å². The molecule has 3 N–H and O–H groups in total. The molecule has 1 aromatic rings. The Balaban J connectivity index is 1.98. The lowest BCUT2D eigenvalue weighted by Crippen LogP contribution is -2.88. The van der Waals surface area contributed by atoms with E-state index in [-0.39, 0.29) is 0 Å². The summed E-state index contributed by atoms with van der Waals surface area (Å²) in [7, 11) is 0. The topological polar surface area (TPSA) is 46.1 Å². The standard InChI is InChI=1S/C12H19NO2/c1-11(14)13-15-10-6-5-9-12-7-3-2-4-8-12/h2-4,7-8,11,13-14H,5-6,9-10H2,1H3/p+1. The molecule has 1 unspecified atom stereocenters. The van der Waals surface area contributed by atoms with Crippen molar-refractivity contribution in [2.24, 2.45) is 0 Å². The van der Waals surface area contributed by atoms with Crippen LogP contribution in [-0.4, -0.2) is 17.9 Å². The minimum atomic E-state index is -0.473. The second-order valence-corrected chi connectivity index (χ2v) is 3.69. The molecule has 1 atom stereocenters. The predicted molar refractivity (Wildman–Crippen MR) is 58.9 cm³/mol. The zero-order valence-electron chi connectivity index (χ0n) is 9.23. The van der Waals surface area contributed by atoms with E-state index in [0.29, 0.717) is 6.61 Å². The maximum Gasteiger partial charge on any atom is 0.214 e. The quantitative estimate of drug-likeness (QED) is 0.398. The molecule has 84 valence electrons. The molecule has 0 bridgehead atoms. The lowest BCUT2D eigenvalue weighted by atomic mass is 10.1. The van der Waals surface area contributed by atoms with Crippen LogP contribution in [0.2, 0.25) is 0 Å². The Bertz CT molecular complexity index is 249. The first kappa shape index (κ1) is 12.2. The van der Waals surface area contributed by atoms with Crippen molar-refractivity contribution in [2.45, 2.75) is 32.4 Å². The number of hydroxylamine groups is 1. The van der Waals surface area contributed by atoms with E-state index in [4.69, 9.17) is 9.94 Å². The Morgan fingerprint density at radius 1 is 1.27 bits per heavy atom. The predicted octanol–water partition coefficient (Wildman–Crippen LogP) is 0.843. The molecule has 0 saturated carbocycles. The number of hydrogen-bond acceptors (Lipinski definition) is 2. The van der Waals surface area contributed by atoms with E-state index in [9.17, 15) is 0 Å². The van der Waals surface area contributed by atoms with Crippen molar-refractivity contribution in [1.82, 2.24) is 0 Å². The number of aryl methyl sites for hydroxylation is 1. The Hall–Kier alpha value is -0.900. The lowest BCUT2D eigenvalue weighted by molar-refractivity contribution is -0.935. The molecule has 0 aromatic heterocycles. The van der Waals surface area contributed by atoms with Crippen molar-refractivity contribution in [3.05, 3.63) is 35.9 Å². The van der Waals surface area contributed by atoms with E-state index in [0.717, 1.165) is 19.3 Å². The molecule has 0 aliphatic carbocycles. The zero-order chi connectivity index (χ0) is 10.9. The fourth-order valence-corrected chi connectivity index (χ4v) is 1.37. The molecule has 0 fully saturated rings. The number of aliphatic hydroxyl groups is 1. The van der Waals surface area contributed by atoms with Gasteiger partial charge in [0.25, 0.3) is 0 Å². The van der Waals surface area contributed by atoms with Crippen LogP contribution in [0.1, 0.15) is 25.3 Å². The number of aliphatic hydroxyl groups excluding tert-OH is 1. The van der Waals surface area contributed by atoms with Gasteiger partial charge in [0.1, 0.15) is 6.61 Å². The van der Waals surface area contributed by atoms with Crippen LogP contribution in [0.5, 0.6) is 0 Å². The van der Waals surface area contributed by atoms with Gasteiger partial charge in [0.2, 0.25) is 6.23 Å². The summed E-state index contributed by atoms with van der Waals surface area (Å²) in [5, 5.41) is 8.91. The average Bonchev–Trinajstić information content (AvgIpc) is 2.24. The molecule has 1 rings (SSSR count). The summed E-state index contributed by atoms with van der Waals surface area (Å²) in [5.41, 5.74) is 2.85. The monoisotopic (exact) mass is 210 g/mol. The van der Waals surface area contributed by atoms with E-state index in [1.807, 2.05) is 6.07 Å². The van der Waals surface area contributed by atoms with Crippen molar-refractivity contribution in [2.75, 3.05) is 6.61 Å². The molecule has 0 spiro atoms. The first-order valence-corrected chi connectivity index (χ1v) is 5.46. The number of unbranched alkanes of at least 4 members (excludes halogenated alkanes) is 1. The van der Waals surface area contributed by atoms with Gasteiger partial charge < -0.3 is 5.11 Å². The second kappa shape index (κ2) is 7.40. The molecule has 3 nitrogen and oxygen atoms in total. The third-order valence-corrected chi connectivity index (χ3v) is 2.11. The van der Waals surface area contributed by atoms with E-state index >= 15 is 0 Å². The summed E-state index contributed by atoms with van der Waals surface area (Å²) in [4.78, 5) is 5.16. The highest BCUT2D eigenvalue weighted by atomic mass is 16.7. The van der Waals surface area contributed by atoms with Crippen molar-refractivity contribution in [3.8, 4) is 0 Å². The van der Waals surface area contributed by atoms with E-state index in [1.54, 1.807) is 6.92 Å². The molecule has 15 heavy (non-hydrogen) atoms. The van der Waals surface area contributed by atoms with Crippen LogP contribution in [0.15, 0.2) is 30.3 Å². The summed E-state index contributed by atoms with van der Waals surface area (Å²) >= 11 is 0. The summed E-state index contributed by atoms with van der Waals surface area (Å²) in [5.74, 6) is 0. The van der Waals surface area contributed by atoms with Gasteiger partial charge >= 0.3 is 0 Å². The zero-order valence-corrected chi connectivity index (χ0v) is 9.23. The highest BCUT2D eigenvalue weighted by molar-refractivity contribution is 5.14. The Kier molecular flexibility index (Phi) is 6.00. The molecule has 0 amide bonds. The largest absolute Gasteiger partial charge is 0.343 e. The van der Waals surface area contributed by atoms with Gasteiger partial charge in [-0.25, -0.2) is 4.84 Å². The molecule has 1 aromatic carbocycles. The summed E-state index contributed by atoms with van der Waals surface area (Å²) in [6.07, 6.45) is 2.77. The van der Waals surface area contributed by atoms with Crippen molar-refractivity contribution >= 4 is 0 Å². The number of quaternary nitrogens is 1. The van der Waals surface area contributed by atoms with E-state index in [2.05, 4.69) is 24.3 Å². The number of nitrogens with two attached hydrogens (primary N) is 1. The van der Waals surface area contributed by atoms with Gasteiger partial charge in [0.15, 0.2) is 0 Å². The van der Waals surface area contributed by atoms with Crippen LogP contribution in [0, 0.1) is 0 Å². The van der Waals surface area contributed by atoms with Gasteiger partial charge in [0, 0.05) is 6.92 Å². The van der Waals surface area contributed by atoms with E-state index < -0.39 is 6.23 Å². The molecule has 0 radical (unpaired) electrons. The molecule has 3 heteroatoms. The average molecular weight is 210 g/mol. The van der Waals surface area contributed by atoms with Gasteiger partial charge in [-0.15, -0.1) is 0 Å². The molecular weight excluding hydrogens is 190 g/mol. The number of hydrogen-bond donors (Lipinski definition) is 2. The second-order valence-electron chi connectivity index (χ2n) is 3.69. The van der Waals surface area contributed by atoms with Crippen LogP contribution >= 0.6 is 0 Å². The van der Waals surface area contributed by atoms with Crippen molar-refractivity contribution in [1.29, 1.82) is 0 Å². The number of rotatable bonds is 7. The summed E-state index contributed by atoms with van der Waals surface area (Å²) in [6.45, 7) is 2.38. The minimum absolute atomic E-state index is 0.473. The van der Waals surface area contributed by atoms with Crippen LogP contribution in [0.25, 0.3) is 0 Å². The fourth-order valence-electron chi connectivity index (χ4n) is 1.37. The Morgan fingerprint density at radius 3 is 2.67 bits per heavy atom. The third-order valence-electron chi connectivity index (χ3n) is 2.11. The van der Waals surface area contributed by atoms with Gasteiger partial charge in [0.05, 0.1) is 0 Å². The molecule has 0 heterocycles. The highest BCUT2D eigenvalue weighted by Crippen LogP contribution is 2.03. The SMILES string of the molecule is CC(O)[NH2+]OCCCCc1ccccc1. The summed E-state index contributed by atoms with van der Waals surface area (Å²) < 4.78 is 0. The van der Waals surface area contributed by atoms with Crippen molar-refractivity contribution in [3.63, 3.8) is 0 Å². The third kappa shape index (κ3) is 6.23. The molecular formula is C12H20NO2+. The molecule has 0 aliphatic rings. The van der Waals surface area contributed by atoms with Crippen LogP contribution in [0.4, 0.5) is 0 Å². The smallest absolute Gasteiger partial charge is 0.214 e. The van der Waals surface area contributed by atoms with Crippen LogP contribution in [0.3, 0.4) is 0 Å². The Morgan fingerprint density at radius 2 is 2.00 bits per heavy atom. The molecule has 0 aliphatic heterocycles. The first-order valence-electron chi connectivity index (χ1n) is 5.46. The highest BCUT2D eigenvalue weighted by Gasteiger charge is 1.97. The van der Waals surface area contributed by atoms with Gasteiger partial charge in [-0.2, -0.15) is 5.48 Å². The van der Waals surface area contributed by atoms with Crippen LogP contribution < -0.4 is 5.48 Å². The fraction of sp³-hybridized carbons (Fsp3) is 0.500. The maximum absolute atomic E-state index is 8.91.